The highest BCUT2D eigenvalue weighted by molar-refractivity contribution is 7.21. The number of hydrogen-bond donors (Lipinski definition) is 1. The average Bonchev–Trinajstić information content (AvgIpc) is 3.26. The lowest BCUT2D eigenvalue weighted by Crippen LogP contribution is -2.12. The van der Waals surface area contributed by atoms with E-state index in [0.717, 1.165) is 32.0 Å². The van der Waals surface area contributed by atoms with E-state index in [1.807, 2.05) is 43.3 Å². The largest absolute Gasteiger partial charge is 0.459 e. The Morgan fingerprint density at radius 2 is 1.96 bits per heavy atom. The molecule has 2 aromatic carbocycles. The molecule has 0 atom stereocenters. The molecule has 4 aromatic rings. The summed E-state index contributed by atoms with van der Waals surface area (Å²) in [7, 11) is 0. The van der Waals surface area contributed by atoms with Crippen LogP contribution in [0, 0.1) is 6.92 Å². The number of benzene rings is 2. The Kier molecular flexibility index (Phi) is 3.63. The van der Waals surface area contributed by atoms with Gasteiger partial charge in [-0.1, -0.05) is 24.3 Å². The number of hydrogen-bond acceptors (Lipinski definition) is 4. The van der Waals surface area contributed by atoms with Crippen molar-refractivity contribution in [2.75, 3.05) is 5.32 Å². The minimum absolute atomic E-state index is 0.260. The predicted octanol–water partition coefficient (Wildman–Crippen LogP) is 5.12. The Morgan fingerprint density at radius 1 is 1.08 bits per heavy atom. The number of furan rings is 1. The maximum atomic E-state index is 12.2. The Hall–Kier alpha value is -2.92. The highest BCUT2D eigenvalue weighted by Crippen LogP contribution is 2.34. The zero-order chi connectivity index (χ0) is 16.5. The summed E-state index contributed by atoms with van der Waals surface area (Å²) in [5, 5.41) is 3.85. The summed E-state index contributed by atoms with van der Waals surface area (Å²) in [5.74, 6) is 0.0318. The molecule has 0 aliphatic heterocycles. The number of anilines is 1. The highest BCUT2D eigenvalue weighted by atomic mass is 32.1. The lowest BCUT2D eigenvalue weighted by molar-refractivity contribution is 0.0996. The van der Waals surface area contributed by atoms with Gasteiger partial charge in [0.05, 0.1) is 16.5 Å². The first-order chi connectivity index (χ1) is 11.7. The maximum Gasteiger partial charge on any atom is 0.291 e. The van der Waals surface area contributed by atoms with Crippen LogP contribution in [-0.2, 0) is 0 Å². The predicted molar refractivity (Wildman–Crippen MR) is 96.5 cm³/mol. The number of amides is 1. The molecule has 0 fully saturated rings. The van der Waals surface area contributed by atoms with Crippen molar-refractivity contribution in [2.24, 2.45) is 0 Å². The number of nitrogens with zero attached hydrogens (tertiary/aromatic N) is 1. The third kappa shape index (κ3) is 2.59. The number of aromatic nitrogens is 1. The van der Waals surface area contributed by atoms with Gasteiger partial charge in [-0.15, -0.1) is 11.3 Å². The van der Waals surface area contributed by atoms with Crippen LogP contribution in [0.5, 0.6) is 0 Å². The van der Waals surface area contributed by atoms with Crippen LogP contribution in [0.4, 0.5) is 5.69 Å². The van der Waals surface area contributed by atoms with Crippen LogP contribution < -0.4 is 5.32 Å². The molecule has 0 radical (unpaired) electrons. The van der Waals surface area contributed by atoms with Crippen molar-refractivity contribution in [2.45, 2.75) is 6.92 Å². The molecule has 0 bridgehead atoms. The number of fused-ring (bicyclic) bond motifs is 1. The molecule has 0 unspecified atom stereocenters. The van der Waals surface area contributed by atoms with Gasteiger partial charge in [-0.3, -0.25) is 4.79 Å². The molecule has 4 rings (SSSR count). The molecule has 0 saturated carbocycles. The number of thiazole rings is 1. The molecule has 4 nitrogen and oxygen atoms in total. The SMILES string of the molecule is Cc1c(NC(=O)c2ccco2)cccc1-c1nc2ccccc2s1. The molecule has 2 aromatic heterocycles. The first kappa shape index (κ1) is 14.7. The van der Waals surface area contributed by atoms with Gasteiger partial charge < -0.3 is 9.73 Å². The van der Waals surface area contributed by atoms with Gasteiger partial charge in [0.2, 0.25) is 0 Å². The molecular weight excluding hydrogens is 320 g/mol. The smallest absolute Gasteiger partial charge is 0.291 e. The van der Waals surface area contributed by atoms with Crippen molar-refractivity contribution in [1.82, 2.24) is 4.98 Å². The van der Waals surface area contributed by atoms with E-state index in [-0.39, 0.29) is 5.91 Å². The minimum Gasteiger partial charge on any atom is -0.459 e. The number of para-hydroxylation sites is 1. The van der Waals surface area contributed by atoms with E-state index in [9.17, 15) is 4.79 Å². The fraction of sp³-hybridized carbons (Fsp3) is 0.0526. The molecule has 2 heterocycles. The molecule has 5 heteroatoms. The van der Waals surface area contributed by atoms with Crippen molar-refractivity contribution < 1.29 is 9.21 Å². The van der Waals surface area contributed by atoms with Crippen molar-refractivity contribution in [3.8, 4) is 10.6 Å². The second kappa shape index (κ2) is 5.94. The van der Waals surface area contributed by atoms with Crippen LogP contribution in [0.1, 0.15) is 16.1 Å². The minimum atomic E-state index is -0.260. The quantitative estimate of drug-likeness (QED) is 0.566. The van der Waals surface area contributed by atoms with E-state index in [2.05, 4.69) is 11.4 Å². The fourth-order valence-corrected chi connectivity index (χ4v) is 3.63. The van der Waals surface area contributed by atoms with Crippen LogP contribution in [0.25, 0.3) is 20.8 Å². The Labute approximate surface area is 142 Å². The summed E-state index contributed by atoms with van der Waals surface area (Å²) >= 11 is 1.65. The molecule has 0 aliphatic carbocycles. The van der Waals surface area contributed by atoms with E-state index in [0.29, 0.717) is 5.76 Å². The van der Waals surface area contributed by atoms with Gasteiger partial charge in [0.1, 0.15) is 5.01 Å². The Bertz CT molecular complexity index is 986. The van der Waals surface area contributed by atoms with Crippen LogP contribution >= 0.6 is 11.3 Å². The molecule has 0 spiro atoms. The first-order valence-electron chi connectivity index (χ1n) is 7.53. The van der Waals surface area contributed by atoms with Crippen molar-refractivity contribution in [3.05, 3.63) is 72.2 Å². The zero-order valence-electron chi connectivity index (χ0n) is 12.9. The van der Waals surface area contributed by atoms with E-state index in [1.54, 1.807) is 23.5 Å². The van der Waals surface area contributed by atoms with Gasteiger partial charge in [-0.2, -0.15) is 0 Å². The van der Waals surface area contributed by atoms with Crippen LogP contribution in [0.3, 0.4) is 0 Å². The standard InChI is InChI=1S/C19H14N2O2S/c1-12-13(19-21-15-7-2-3-10-17(15)24-19)6-4-8-14(12)20-18(22)16-9-5-11-23-16/h2-11H,1H3,(H,20,22). The molecule has 118 valence electrons. The van der Waals surface area contributed by atoms with Crippen LogP contribution in [0.2, 0.25) is 0 Å². The van der Waals surface area contributed by atoms with Crippen molar-refractivity contribution in [1.29, 1.82) is 0 Å². The monoisotopic (exact) mass is 334 g/mol. The van der Waals surface area contributed by atoms with E-state index >= 15 is 0 Å². The van der Waals surface area contributed by atoms with E-state index < -0.39 is 0 Å². The lowest BCUT2D eigenvalue weighted by Gasteiger charge is -2.10. The summed E-state index contributed by atoms with van der Waals surface area (Å²) in [5.41, 5.74) is 3.75. The maximum absolute atomic E-state index is 12.2. The van der Waals surface area contributed by atoms with Crippen molar-refractivity contribution in [3.63, 3.8) is 0 Å². The third-order valence-corrected chi connectivity index (χ3v) is 4.92. The third-order valence-electron chi connectivity index (χ3n) is 3.85. The zero-order valence-corrected chi connectivity index (χ0v) is 13.8. The van der Waals surface area contributed by atoms with Crippen LogP contribution in [-0.4, -0.2) is 10.9 Å². The molecule has 1 N–H and O–H groups in total. The average molecular weight is 334 g/mol. The lowest BCUT2D eigenvalue weighted by atomic mass is 10.1. The number of rotatable bonds is 3. The highest BCUT2D eigenvalue weighted by Gasteiger charge is 2.14. The van der Waals surface area contributed by atoms with E-state index in [4.69, 9.17) is 9.40 Å². The summed E-state index contributed by atoms with van der Waals surface area (Å²) in [6, 6.07) is 17.2. The summed E-state index contributed by atoms with van der Waals surface area (Å²) < 4.78 is 6.29. The van der Waals surface area contributed by atoms with Gasteiger partial charge in [-0.05, 0) is 42.8 Å². The Morgan fingerprint density at radius 3 is 2.75 bits per heavy atom. The normalized spacial score (nSPS) is 10.9. The molecule has 0 aliphatic rings. The Balaban J connectivity index is 1.71. The second-order valence-corrected chi connectivity index (χ2v) is 6.43. The fourth-order valence-electron chi connectivity index (χ4n) is 2.58. The van der Waals surface area contributed by atoms with Gasteiger partial charge >= 0.3 is 0 Å². The molecule has 0 saturated heterocycles. The van der Waals surface area contributed by atoms with Gasteiger partial charge in [-0.25, -0.2) is 4.98 Å². The molecule has 24 heavy (non-hydrogen) atoms. The molecule has 1 amide bonds. The first-order valence-corrected chi connectivity index (χ1v) is 8.34. The van der Waals surface area contributed by atoms with Gasteiger partial charge in [0, 0.05) is 11.3 Å². The summed E-state index contributed by atoms with van der Waals surface area (Å²) in [4.78, 5) is 16.9. The number of carbonyl (C=O) groups excluding carboxylic acids is 1. The number of nitrogens with one attached hydrogen (secondary N) is 1. The number of carbonyl (C=O) groups is 1. The van der Waals surface area contributed by atoms with Gasteiger partial charge in [0.15, 0.2) is 5.76 Å². The van der Waals surface area contributed by atoms with E-state index in [1.165, 1.54) is 6.26 Å². The van der Waals surface area contributed by atoms with Crippen LogP contribution in [0.15, 0.2) is 65.3 Å². The molecular formula is C19H14N2O2S. The summed E-state index contributed by atoms with van der Waals surface area (Å²) in [6.07, 6.45) is 1.49. The summed E-state index contributed by atoms with van der Waals surface area (Å²) in [6.45, 7) is 1.99. The second-order valence-electron chi connectivity index (χ2n) is 5.40. The van der Waals surface area contributed by atoms with Crippen molar-refractivity contribution >= 4 is 33.1 Å². The van der Waals surface area contributed by atoms with Gasteiger partial charge in [0.25, 0.3) is 5.91 Å². The topological polar surface area (TPSA) is 55.1 Å².